The summed E-state index contributed by atoms with van der Waals surface area (Å²) in [6, 6.07) is 1.59. The topological polar surface area (TPSA) is 138 Å². The number of hydrazine groups is 1. The molecule has 1 saturated carbocycles. The van der Waals surface area contributed by atoms with Crippen LogP contribution >= 0.6 is 0 Å². The van der Waals surface area contributed by atoms with E-state index in [1.165, 1.54) is 10.4 Å². The lowest BCUT2D eigenvalue weighted by Gasteiger charge is -2.33. The number of pyridine rings is 1. The van der Waals surface area contributed by atoms with Gasteiger partial charge in [-0.2, -0.15) is 9.31 Å². The van der Waals surface area contributed by atoms with Crippen LogP contribution in [0.2, 0.25) is 0 Å². The van der Waals surface area contributed by atoms with E-state index < -0.39 is 45.5 Å². The molecule has 2 N–H and O–H groups in total. The summed E-state index contributed by atoms with van der Waals surface area (Å²) in [5.41, 5.74) is 0.687. The number of rotatable bonds is 5. The van der Waals surface area contributed by atoms with Crippen molar-refractivity contribution in [1.29, 1.82) is 0 Å². The van der Waals surface area contributed by atoms with Crippen molar-refractivity contribution < 1.29 is 22.8 Å². The summed E-state index contributed by atoms with van der Waals surface area (Å²) in [5, 5.41) is 3.36. The fraction of sp³-hybridized carbons (Fsp3) is 0.600. The molecule has 1 spiro atoms. The molecule has 1 aliphatic carbocycles. The van der Waals surface area contributed by atoms with Crippen molar-refractivity contribution in [3.8, 4) is 0 Å². The van der Waals surface area contributed by atoms with Crippen molar-refractivity contribution in [2.75, 3.05) is 13.1 Å². The minimum absolute atomic E-state index is 0.0860. The van der Waals surface area contributed by atoms with Crippen LogP contribution in [0.3, 0.4) is 0 Å². The van der Waals surface area contributed by atoms with Crippen molar-refractivity contribution in [2.45, 2.75) is 62.4 Å². The number of amides is 4. The highest BCUT2D eigenvalue weighted by Crippen LogP contribution is 2.35. The lowest BCUT2D eigenvalue weighted by atomic mass is 9.77. The van der Waals surface area contributed by atoms with Gasteiger partial charge >= 0.3 is 6.03 Å². The van der Waals surface area contributed by atoms with E-state index in [4.69, 9.17) is 0 Å². The van der Waals surface area contributed by atoms with Crippen LogP contribution in [0, 0.1) is 5.92 Å². The third-order valence-corrected chi connectivity index (χ3v) is 8.38. The number of urea groups is 1. The Balaban J connectivity index is 1.47. The molecule has 4 rings (SSSR count). The first-order valence-corrected chi connectivity index (χ1v) is 12.2. The van der Waals surface area contributed by atoms with Crippen molar-refractivity contribution in [1.82, 2.24) is 24.6 Å². The Morgan fingerprint density at radius 3 is 2.47 bits per heavy atom. The summed E-state index contributed by atoms with van der Waals surface area (Å²) < 4.78 is 27.8. The third kappa shape index (κ3) is 4.04. The van der Waals surface area contributed by atoms with Crippen molar-refractivity contribution >= 4 is 27.9 Å². The Labute approximate surface area is 185 Å². The van der Waals surface area contributed by atoms with Crippen LogP contribution < -0.4 is 16.3 Å². The summed E-state index contributed by atoms with van der Waals surface area (Å²) in [5.74, 6) is -0.835. The van der Waals surface area contributed by atoms with Crippen molar-refractivity contribution in [3.05, 3.63) is 28.7 Å². The van der Waals surface area contributed by atoms with Gasteiger partial charge in [0.2, 0.25) is 10.0 Å². The number of hydrogen-bond acceptors (Lipinski definition) is 6. The first-order valence-electron chi connectivity index (χ1n) is 10.8. The highest BCUT2D eigenvalue weighted by molar-refractivity contribution is 7.89. The summed E-state index contributed by atoms with van der Waals surface area (Å²) in [6.45, 7) is 2.37. The molecule has 0 atom stereocenters. The van der Waals surface area contributed by atoms with Gasteiger partial charge in [0, 0.05) is 25.4 Å². The van der Waals surface area contributed by atoms with Crippen LogP contribution in [0.4, 0.5) is 4.79 Å². The third-order valence-electron chi connectivity index (χ3n) is 6.50. The maximum atomic E-state index is 12.9. The quantitative estimate of drug-likeness (QED) is 0.595. The first-order chi connectivity index (χ1) is 15.1. The fourth-order valence-electron chi connectivity index (χ4n) is 4.49. The molecule has 4 amide bonds. The summed E-state index contributed by atoms with van der Waals surface area (Å²) >= 11 is 0. The fourth-order valence-corrected chi connectivity index (χ4v) is 6.03. The van der Waals surface area contributed by atoms with Gasteiger partial charge in [-0.1, -0.05) is 6.92 Å². The Morgan fingerprint density at radius 2 is 1.81 bits per heavy atom. The highest BCUT2D eigenvalue weighted by atomic mass is 32.2. The van der Waals surface area contributed by atoms with Crippen LogP contribution in [0.5, 0.6) is 0 Å². The standard InChI is InChI=1S/C20H27N5O6S/c1-14-6-8-20(9-7-14)18(28)25(19(29)21-20)22-16(26)13-23-12-15(4-5-17(23)27)32(30,31)24-10-2-3-11-24/h4-5,12,14H,2-3,6-11,13H2,1H3,(H,21,29)(H,22,26). The van der Waals surface area contributed by atoms with Crippen molar-refractivity contribution in [2.24, 2.45) is 5.92 Å². The van der Waals surface area contributed by atoms with Gasteiger partial charge in [-0.05, 0) is 50.5 Å². The molecule has 1 aromatic heterocycles. The second-order valence-corrected chi connectivity index (χ2v) is 10.8. The zero-order valence-electron chi connectivity index (χ0n) is 17.9. The molecular weight excluding hydrogens is 438 g/mol. The monoisotopic (exact) mass is 465 g/mol. The zero-order chi connectivity index (χ0) is 23.1. The highest BCUT2D eigenvalue weighted by Gasteiger charge is 2.52. The predicted octanol–water partition coefficient (Wildman–Crippen LogP) is 0.165. The van der Waals surface area contributed by atoms with E-state index in [1.54, 1.807) is 0 Å². The van der Waals surface area contributed by atoms with Gasteiger partial charge < -0.3 is 9.88 Å². The van der Waals surface area contributed by atoms with E-state index in [2.05, 4.69) is 17.7 Å². The number of carbonyl (C=O) groups excluding carboxylic acids is 3. The second-order valence-electron chi connectivity index (χ2n) is 8.81. The molecule has 2 saturated heterocycles. The van der Waals surface area contributed by atoms with Crippen LogP contribution in [-0.4, -0.2) is 58.8 Å². The van der Waals surface area contributed by atoms with Gasteiger partial charge in [0.05, 0.1) is 4.90 Å². The molecule has 11 nitrogen and oxygen atoms in total. The van der Waals surface area contributed by atoms with Gasteiger partial charge in [0.15, 0.2) is 0 Å². The molecule has 174 valence electrons. The number of carbonyl (C=O) groups is 3. The number of sulfonamides is 1. The minimum atomic E-state index is -3.76. The normalized spacial score (nSPS) is 26.5. The van der Waals surface area contributed by atoms with Gasteiger partial charge in [-0.15, -0.1) is 0 Å². The van der Waals surface area contributed by atoms with E-state index >= 15 is 0 Å². The maximum absolute atomic E-state index is 12.9. The molecule has 0 aromatic carbocycles. The molecular formula is C20H27N5O6S. The van der Waals surface area contributed by atoms with Gasteiger partial charge in [-0.3, -0.25) is 19.8 Å². The van der Waals surface area contributed by atoms with Crippen molar-refractivity contribution in [3.63, 3.8) is 0 Å². The second kappa shape index (κ2) is 8.32. The summed E-state index contributed by atoms with van der Waals surface area (Å²) in [6.07, 6.45) is 5.25. The van der Waals surface area contributed by atoms with Crippen LogP contribution in [-0.2, 0) is 26.2 Å². The number of nitrogens with one attached hydrogen (secondary N) is 2. The smallest absolute Gasteiger partial charge is 0.322 e. The summed E-state index contributed by atoms with van der Waals surface area (Å²) in [7, 11) is -3.76. The van der Waals surface area contributed by atoms with Crippen LogP contribution in [0.15, 0.2) is 28.0 Å². The molecule has 12 heteroatoms. The van der Waals surface area contributed by atoms with Crippen LogP contribution in [0.25, 0.3) is 0 Å². The maximum Gasteiger partial charge on any atom is 0.344 e. The molecule has 3 heterocycles. The Morgan fingerprint density at radius 1 is 1.16 bits per heavy atom. The average Bonchev–Trinajstić information content (AvgIpc) is 3.37. The summed E-state index contributed by atoms with van der Waals surface area (Å²) in [4.78, 5) is 49.9. The van der Waals surface area contributed by atoms with Crippen LogP contribution in [0.1, 0.15) is 45.4 Å². The Hall–Kier alpha value is -2.73. The SMILES string of the molecule is CC1CCC2(CC1)NC(=O)N(NC(=O)Cn1cc(S(=O)(=O)N3CCCC3)ccc1=O)C2=O. The molecule has 2 aliphatic heterocycles. The Bertz CT molecular complexity index is 1100. The van der Waals surface area contributed by atoms with E-state index in [1.807, 2.05) is 0 Å². The molecule has 0 radical (unpaired) electrons. The first kappa shape index (κ1) is 22.5. The molecule has 1 aromatic rings. The number of nitrogens with zero attached hydrogens (tertiary/aromatic N) is 3. The zero-order valence-corrected chi connectivity index (χ0v) is 18.7. The average molecular weight is 466 g/mol. The van der Waals surface area contributed by atoms with E-state index in [-0.39, 0.29) is 4.90 Å². The minimum Gasteiger partial charge on any atom is -0.322 e. The largest absolute Gasteiger partial charge is 0.344 e. The van der Waals surface area contributed by atoms with Gasteiger partial charge in [0.1, 0.15) is 12.1 Å². The lowest BCUT2D eigenvalue weighted by molar-refractivity contribution is -0.140. The Kier molecular flexibility index (Phi) is 5.84. The van der Waals surface area contributed by atoms with Gasteiger partial charge in [-0.25, -0.2) is 13.2 Å². The number of hydrogen-bond donors (Lipinski definition) is 2. The number of aromatic nitrogens is 1. The van der Waals surface area contributed by atoms with E-state index in [0.29, 0.717) is 36.9 Å². The lowest BCUT2D eigenvalue weighted by Crippen LogP contribution is -2.52. The molecule has 3 aliphatic rings. The van der Waals surface area contributed by atoms with E-state index in [0.717, 1.165) is 42.5 Å². The predicted molar refractivity (Wildman–Crippen MR) is 113 cm³/mol. The van der Waals surface area contributed by atoms with E-state index in [9.17, 15) is 27.6 Å². The molecule has 32 heavy (non-hydrogen) atoms. The van der Waals surface area contributed by atoms with Gasteiger partial charge in [0.25, 0.3) is 17.4 Å². The number of imide groups is 1. The molecule has 0 bridgehead atoms. The molecule has 0 unspecified atom stereocenters. The molecule has 3 fully saturated rings.